The van der Waals surface area contributed by atoms with Gasteiger partial charge in [0, 0.05) is 22.7 Å². The molecule has 8 nitrogen and oxygen atoms in total. The van der Waals surface area contributed by atoms with Crippen LogP contribution in [0.1, 0.15) is 5.56 Å². The van der Waals surface area contributed by atoms with Gasteiger partial charge < -0.3 is 9.72 Å². The summed E-state index contributed by atoms with van der Waals surface area (Å²) in [6, 6.07) is 13.8. The van der Waals surface area contributed by atoms with Crippen molar-refractivity contribution >= 4 is 33.8 Å². The molecule has 164 valence electrons. The molecule has 3 heterocycles. The summed E-state index contributed by atoms with van der Waals surface area (Å²) in [4.78, 5) is 35.7. The van der Waals surface area contributed by atoms with E-state index < -0.39 is 6.09 Å². The van der Waals surface area contributed by atoms with Crippen LogP contribution in [0.2, 0.25) is 0 Å². The van der Waals surface area contributed by atoms with Crippen LogP contribution < -0.4 is 11.0 Å². The van der Waals surface area contributed by atoms with Gasteiger partial charge in [-0.3, -0.25) is 14.9 Å². The van der Waals surface area contributed by atoms with Crippen LogP contribution in [0, 0.1) is 12.7 Å². The van der Waals surface area contributed by atoms with Crippen molar-refractivity contribution in [3.8, 4) is 16.8 Å². The van der Waals surface area contributed by atoms with Crippen LogP contribution in [0.3, 0.4) is 0 Å². The van der Waals surface area contributed by atoms with Gasteiger partial charge in [-0.1, -0.05) is 12.1 Å². The first-order valence-corrected chi connectivity index (χ1v) is 10.1. The van der Waals surface area contributed by atoms with E-state index in [9.17, 15) is 14.0 Å². The summed E-state index contributed by atoms with van der Waals surface area (Å²) in [6.45, 7) is 1.64. The van der Waals surface area contributed by atoms with Crippen molar-refractivity contribution in [1.29, 1.82) is 0 Å². The molecule has 0 bridgehead atoms. The van der Waals surface area contributed by atoms with Gasteiger partial charge in [0.25, 0.3) is 0 Å². The van der Waals surface area contributed by atoms with Crippen LogP contribution in [0.15, 0.2) is 65.7 Å². The van der Waals surface area contributed by atoms with Gasteiger partial charge >= 0.3 is 11.8 Å². The highest BCUT2D eigenvalue weighted by Crippen LogP contribution is 2.30. The second-order valence-corrected chi connectivity index (χ2v) is 7.45. The number of pyridine rings is 2. The molecule has 3 aromatic heterocycles. The molecule has 0 aliphatic rings. The molecule has 2 N–H and O–H groups in total. The number of hydrogen-bond donors (Lipinski definition) is 2. The number of carbonyl (C=O) groups is 1. The van der Waals surface area contributed by atoms with E-state index in [2.05, 4.69) is 25.0 Å². The number of anilines is 1. The number of amides is 1. The van der Waals surface area contributed by atoms with Crippen molar-refractivity contribution in [3.05, 3.63) is 82.8 Å². The fraction of sp³-hybridized carbons (Fsp3) is 0.0833. The highest BCUT2D eigenvalue weighted by Gasteiger charge is 2.16. The average molecular weight is 443 g/mol. The summed E-state index contributed by atoms with van der Waals surface area (Å²) in [5.41, 5.74) is 3.94. The molecule has 0 radical (unpaired) electrons. The minimum Gasteiger partial charge on any atom is -0.453 e. The van der Waals surface area contributed by atoms with Gasteiger partial charge in [-0.2, -0.15) is 0 Å². The first kappa shape index (κ1) is 20.4. The molecule has 0 atom stereocenters. The first-order valence-electron chi connectivity index (χ1n) is 10.1. The Balaban J connectivity index is 1.69. The van der Waals surface area contributed by atoms with E-state index in [-0.39, 0.29) is 11.5 Å². The Morgan fingerprint density at radius 1 is 1.09 bits per heavy atom. The normalized spacial score (nSPS) is 11.1. The molecular weight excluding hydrogens is 425 g/mol. The van der Waals surface area contributed by atoms with Crippen LogP contribution in [0.4, 0.5) is 15.0 Å². The van der Waals surface area contributed by atoms with Gasteiger partial charge in [0.2, 0.25) is 0 Å². The quantitative estimate of drug-likeness (QED) is 0.426. The Morgan fingerprint density at radius 3 is 2.67 bits per heavy atom. The first-order chi connectivity index (χ1) is 16.0. The maximum atomic E-state index is 14.3. The molecular formula is C24H18FN5O3. The van der Waals surface area contributed by atoms with E-state index in [1.807, 2.05) is 24.3 Å². The van der Waals surface area contributed by atoms with E-state index in [0.717, 1.165) is 16.5 Å². The fourth-order valence-electron chi connectivity index (χ4n) is 3.83. The number of carbonyl (C=O) groups excluding carboxylic acids is 1. The summed E-state index contributed by atoms with van der Waals surface area (Å²) in [5, 5.41) is 3.23. The van der Waals surface area contributed by atoms with Crippen molar-refractivity contribution in [2.45, 2.75) is 6.92 Å². The lowest BCUT2D eigenvalue weighted by molar-refractivity contribution is 0.187. The number of aromatic amines is 1. The van der Waals surface area contributed by atoms with Crippen molar-refractivity contribution < 1.29 is 13.9 Å². The Labute approximate surface area is 186 Å². The van der Waals surface area contributed by atoms with Gasteiger partial charge in [0.15, 0.2) is 0 Å². The number of aromatic nitrogens is 4. The van der Waals surface area contributed by atoms with E-state index in [4.69, 9.17) is 0 Å². The lowest BCUT2D eigenvalue weighted by Gasteiger charge is -2.10. The smallest absolute Gasteiger partial charge is 0.412 e. The summed E-state index contributed by atoms with van der Waals surface area (Å²) in [7, 11) is 1.28. The molecule has 0 aliphatic heterocycles. The number of nitrogens with zero attached hydrogens (tertiary/aromatic N) is 3. The molecule has 0 saturated carbocycles. The number of methoxy groups -OCH3 is 1. The van der Waals surface area contributed by atoms with Gasteiger partial charge in [-0.15, -0.1) is 0 Å². The SMILES string of the molecule is COC(=O)Nc1ccc(-c2ccc3ncc4[nH]c(=O)n(-c5cccc(F)c5C)c4c3c2)cn1. The molecule has 9 heteroatoms. The minimum absolute atomic E-state index is 0.358. The van der Waals surface area contributed by atoms with Gasteiger partial charge in [-0.25, -0.2) is 19.0 Å². The predicted octanol–water partition coefficient (Wildman–Crippen LogP) is 4.55. The largest absolute Gasteiger partial charge is 0.453 e. The summed E-state index contributed by atoms with van der Waals surface area (Å²) in [6.07, 6.45) is 2.62. The van der Waals surface area contributed by atoms with Crippen molar-refractivity contribution in [1.82, 2.24) is 19.5 Å². The Hall–Kier alpha value is -4.53. The van der Waals surface area contributed by atoms with Crippen molar-refractivity contribution in [2.75, 3.05) is 12.4 Å². The van der Waals surface area contributed by atoms with Gasteiger partial charge in [0.1, 0.15) is 11.6 Å². The second-order valence-electron chi connectivity index (χ2n) is 7.45. The molecule has 1 amide bonds. The topological polar surface area (TPSA) is 102 Å². The highest BCUT2D eigenvalue weighted by molar-refractivity contribution is 6.04. The number of benzene rings is 2. The predicted molar refractivity (Wildman–Crippen MR) is 123 cm³/mol. The van der Waals surface area contributed by atoms with Crippen molar-refractivity contribution in [3.63, 3.8) is 0 Å². The Morgan fingerprint density at radius 2 is 1.91 bits per heavy atom. The molecule has 2 aromatic carbocycles. The molecule has 0 unspecified atom stereocenters. The third kappa shape index (κ3) is 3.49. The zero-order valence-corrected chi connectivity index (χ0v) is 17.7. The molecule has 0 saturated heterocycles. The maximum absolute atomic E-state index is 14.3. The standard InChI is InChI=1S/C24H18FN5O3/c1-13-17(25)4-3-5-20(13)30-22-16-10-14(6-8-18(16)26-12-19(22)28-23(30)31)15-7-9-21(27-11-15)29-24(32)33-2/h3-12H,1-2H3,(H,28,31)(H,27,29,32). The summed E-state index contributed by atoms with van der Waals surface area (Å²) in [5.74, 6) is -0.0315. The zero-order chi connectivity index (χ0) is 23.1. The minimum atomic E-state index is -0.604. The molecule has 5 aromatic rings. The highest BCUT2D eigenvalue weighted by atomic mass is 19.1. The van der Waals surface area contributed by atoms with E-state index in [1.54, 1.807) is 37.5 Å². The lowest BCUT2D eigenvalue weighted by Crippen LogP contribution is -2.16. The van der Waals surface area contributed by atoms with Crippen LogP contribution in [-0.2, 0) is 4.74 Å². The number of fused-ring (bicyclic) bond motifs is 3. The lowest BCUT2D eigenvalue weighted by atomic mass is 10.0. The number of H-pyrrole nitrogens is 1. The number of imidazole rings is 1. The third-order valence-electron chi connectivity index (χ3n) is 5.50. The van der Waals surface area contributed by atoms with Gasteiger partial charge in [0.05, 0.1) is 35.5 Å². The number of ether oxygens (including phenoxy) is 1. The molecule has 0 aliphatic carbocycles. The van der Waals surface area contributed by atoms with E-state index >= 15 is 0 Å². The third-order valence-corrected chi connectivity index (χ3v) is 5.50. The number of halogens is 1. The van der Waals surface area contributed by atoms with Crippen LogP contribution in [0.25, 0.3) is 38.8 Å². The number of rotatable bonds is 3. The Bertz CT molecular complexity index is 1590. The Kier molecular flexibility index (Phi) is 4.86. The van der Waals surface area contributed by atoms with E-state index in [1.165, 1.54) is 17.7 Å². The fourth-order valence-corrected chi connectivity index (χ4v) is 3.83. The van der Waals surface area contributed by atoms with Gasteiger partial charge in [-0.05, 0) is 48.9 Å². The second kappa shape index (κ2) is 7.86. The summed E-state index contributed by atoms with van der Waals surface area (Å²) < 4.78 is 20.3. The number of nitrogens with one attached hydrogen (secondary N) is 2. The van der Waals surface area contributed by atoms with Crippen LogP contribution in [-0.4, -0.2) is 32.7 Å². The molecule has 33 heavy (non-hydrogen) atoms. The summed E-state index contributed by atoms with van der Waals surface area (Å²) >= 11 is 0. The monoisotopic (exact) mass is 443 g/mol. The van der Waals surface area contributed by atoms with Crippen LogP contribution in [0.5, 0.6) is 0 Å². The maximum Gasteiger partial charge on any atom is 0.412 e. The van der Waals surface area contributed by atoms with Crippen molar-refractivity contribution in [2.24, 2.45) is 0 Å². The number of hydrogen-bond acceptors (Lipinski definition) is 5. The molecule has 0 fully saturated rings. The van der Waals surface area contributed by atoms with E-state index in [0.29, 0.717) is 33.6 Å². The average Bonchev–Trinajstić information content (AvgIpc) is 3.17. The molecule has 5 rings (SSSR count). The molecule has 0 spiro atoms. The van der Waals surface area contributed by atoms with Crippen LogP contribution >= 0.6 is 0 Å². The zero-order valence-electron chi connectivity index (χ0n) is 17.7.